The van der Waals surface area contributed by atoms with Crippen molar-refractivity contribution < 1.29 is 33.6 Å². The molecule has 1 unspecified atom stereocenters. The topological polar surface area (TPSA) is 97.9 Å². The molecule has 3 heterocycles. The average molecular weight is 414 g/mol. The molecule has 0 radical (unpaired) electrons. The van der Waals surface area contributed by atoms with Crippen molar-refractivity contribution in [1.29, 1.82) is 0 Å². The molecule has 6 aliphatic rings. The van der Waals surface area contributed by atoms with Crippen LogP contribution in [0.2, 0.25) is 0 Å². The van der Waals surface area contributed by atoms with E-state index in [1.165, 1.54) is 0 Å². The summed E-state index contributed by atoms with van der Waals surface area (Å²) in [7, 11) is 1.61. The summed E-state index contributed by atoms with van der Waals surface area (Å²) in [4.78, 5) is 27.1. The van der Waals surface area contributed by atoms with Gasteiger partial charge in [0, 0.05) is 30.4 Å². The average Bonchev–Trinajstić information content (AvgIpc) is 3.59. The Bertz CT molecular complexity index is 984. The summed E-state index contributed by atoms with van der Waals surface area (Å²) < 4.78 is 23.5. The smallest absolute Gasteiger partial charge is 0.217 e. The van der Waals surface area contributed by atoms with E-state index < -0.39 is 59.3 Å². The van der Waals surface area contributed by atoms with Crippen molar-refractivity contribution in [1.82, 2.24) is 0 Å². The molecule has 30 heavy (non-hydrogen) atoms. The summed E-state index contributed by atoms with van der Waals surface area (Å²) in [6.07, 6.45) is 0.767. The first-order valence-corrected chi connectivity index (χ1v) is 10.6. The first-order chi connectivity index (χ1) is 14.1. The van der Waals surface area contributed by atoms with Gasteiger partial charge in [-0.2, -0.15) is 0 Å². The minimum Gasteiger partial charge on any atom is -0.486 e. The van der Waals surface area contributed by atoms with Gasteiger partial charge in [0.25, 0.3) is 0 Å². The van der Waals surface area contributed by atoms with E-state index in [2.05, 4.69) is 0 Å². The fourth-order valence-corrected chi connectivity index (χ4v) is 6.45. The highest BCUT2D eigenvalue weighted by Crippen LogP contribution is 2.69. The van der Waals surface area contributed by atoms with Gasteiger partial charge < -0.3 is 24.1 Å². The van der Waals surface area contributed by atoms with E-state index in [1.54, 1.807) is 7.11 Å². The number of aliphatic hydroxyl groups is 1. The Morgan fingerprint density at radius 3 is 2.63 bits per heavy atom. The van der Waals surface area contributed by atoms with Crippen molar-refractivity contribution in [3.8, 4) is 0 Å². The van der Waals surface area contributed by atoms with Crippen LogP contribution in [-0.4, -0.2) is 59.9 Å². The van der Waals surface area contributed by atoms with E-state index in [1.807, 2.05) is 39.8 Å². The third kappa shape index (κ3) is 1.97. The number of epoxide rings is 2. The third-order valence-corrected chi connectivity index (χ3v) is 7.97. The van der Waals surface area contributed by atoms with Gasteiger partial charge >= 0.3 is 0 Å². The van der Waals surface area contributed by atoms with Gasteiger partial charge in [-0.05, 0) is 33.8 Å². The quantitative estimate of drug-likeness (QED) is 0.551. The Morgan fingerprint density at radius 1 is 1.23 bits per heavy atom. The van der Waals surface area contributed by atoms with Crippen LogP contribution < -0.4 is 0 Å². The highest BCUT2D eigenvalue weighted by Gasteiger charge is 2.79. The molecule has 1 saturated carbocycles. The van der Waals surface area contributed by atoms with Gasteiger partial charge in [-0.25, -0.2) is 0 Å². The number of methoxy groups -OCH3 is 1. The Hall–Kier alpha value is -1.96. The van der Waals surface area contributed by atoms with Crippen molar-refractivity contribution in [3.05, 3.63) is 34.8 Å². The minimum absolute atomic E-state index is 0.0461. The zero-order valence-corrected chi connectivity index (χ0v) is 17.7. The predicted molar refractivity (Wildman–Crippen MR) is 103 cm³/mol. The SMILES string of the molecule is COC(C)(C)[C@H]1C=C2C(=O)[C@H]3O[C@H]3[C@H](O)[C@H]2[C@@H]2C3=C4O[C@H]4C(=O)C12[C@@H](C=C(C)C)O3. The Balaban J connectivity index is 1.65. The van der Waals surface area contributed by atoms with Gasteiger partial charge in [0.2, 0.25) is 6.10 Å². The second-order valence-electron chi connectivity index (χ2n) is 10.1. The maximum atomic E-state index is 13.9. The number of allylic oxidation sites excluding steroid dienone is 2. The number of aliphatic hydroxyl groups excluding tert-OH is 1. The van der Waals surface area contributed by atoms with Crippen molar-refractivity contribution in [2.45, 2.75) is 63.8 Å². The molecule has 4 fully saturated rings. The molecule has 3 aliphatic carbocycles. The van der Waals surface area contributed by atoms with E-state index in [0.29, 0.717) is 17.1 Å². The van der Waals surface area contributed by atoms with Crippen molar-refractivity contribution in [2.75, 3.05) is 7.11 Å². The Morgan fingerprint density at radius 2 is 1.97 bits per heavy atom. The summed E-state index contributed by atoms with van der Waals surface area (Å²) in [6.45, 7) is 7.80. The van der Waals surface area contributed by atoms with Crippen LogP contribution in [-0.2, 0) is 28.5 Å². The summed E-state index contributed by atoms with van der Waals surface area (Å²) in [5.74, 6) is -0.457. The molecule has 6 rings (SSSR count). The monoisotopic (exact) mass is 414 g/mol. The lowest BCUT2D eigenvalue weighted by molar-refractivity contribution is -0.154. The molecule has 2 bridgehead atoms. The number of hydrogen-bond donors (Lipinski definition) is 1. The van der Waals surface area contributed by atoms with Gasteiger partial charge in [0.15, 0.2) is 17.3 Å². The number of ether oxygens (including phenoxy) is 4. The number of carbonyl (C=O) groups is 2. The number of hydrogen-bond acceptors (Lipinski definition) is 7. The molecule has 160 valence electrons. The van der Waals surface area contributed by atoms with Crippen LogP contribution in [0, 0.1) is 23.2 Å². The van der Waals surface area contributed by atoms with E-state index >= 15 is 0 Å². The summed E-state index contributed by atoms with van der Waals surface area (Å²) >= 11 is 0. The number of ketones is 2. The normalized spacial score (nSPS) is 47.2. The highest BCUT2D eigenvalue weighted by molar-refractivity contribution is 6.05. The lowest BCUT2D eigenvalue weighted by atomic mass is 9.47. The highest BCUT2D eigenvalue weighted by atomic mass is 16.6. The maximum Gasteiger partial charge on any atom is 0.217 e. The fourth-order valence-electron chi connectivity index (χ4n) is 6.45. The largest absolute Gasteiger partial charge is 0.486 e. The molecule has 0 amide bonds. The van der Waals surface area contributed by atoms with Crippen molar-refractivity contribution in [3.63, 3.8) is 0 Å². The second kappa shape index (κ2) is 5.44. The molecule has 0 aromatic heterocycles. The number of carbonyl (C=O) groups excluding carboxylic acids is 2. The van der Waals surface area contributed by atoms with Crippen molar-refractivity contribution >= 4 is 11.6 Å². The number of rotatable bonds is 3. The maximum absolute atomic E-state index is 13.9. The van der Waals surface area contributed by atoms with E-state index in [-0.39, 0.29) is 11.6 Å². The van der Waals surface area contributed by atoms with Crippen LogP contribution in [0.5, 0.6) is 0 Å². The zero-order chi connectivity index (χ0) is 21.3. The van der Waals surface area contributed by atoms with Gasteiger partial charge in [-0.3, -0.25) is 9.59 Å². The first kappa shape index (κ1) is 18.8. The second-order valence-corrected chi connectivity index (χ2v) is 10.1. The lowest BCUT2D eigenvalue weighted by Crippen LogP contribution is -2.63. The van der Waals surface area contributed by atoms with E-state index in [0.717, 1.165) is 5.57 Å². The van der Waals surface area contributed by atoms with Crippen LogP contribution >= 0.6 is 0 Å². The van der Waals surface area contributed by atoms with Gasteiger partial charge in [-0.1, -0.05) is 11.6 Å². The third-order valence-electron chi connectivity index (χ3n) is 7.97. The van der Waals surface area contributed by atoms with E-state index in [4.69, 9.17) is 18.9 Å². The minimum atomic E-state index is -1.02. The molecule has 7 heteroatoms. The summed E-state index contributed by atoms with van der Waals surface area (Å²) in [5, 5.41) is 11.1. The van der Waals surface area contributed by atoms with Gasteiger partial charge in [-0.15, -0.1) is 0 Å². The summed E-state index contributed by atoms with van der Waals surface area (Å²) in [5.41, 5.74) is -0.211. The molecule has 3 saturated heterocycles. The number of fused-ring (bicyclic) bond motifs is 3. The number of Topliss-reactive ketones (excluding diaryl/α,β-unsaturated/α-hetero) is 2. The Kier molecular flexibility index (Phi) is 3.41. The molecule has 7 nitrogen and oxygen atoms in total. The van der Waals surface area contributed by atoms with Crippen LogP contribution in [0.15, 0.2) is 34.8 Å². The zero-order valence-electron chi connectivity index (χ0n) is 17.7. The molecule has 0 aromatic rings. The van der Waals surface area contributed by atoms with Crippen LogP contribution in [0.3, 0.4) is 0 Å². The lowest BCUT2D eigenvalue weighted by Gasteiger charge is -2.53. The Labute approximate surface area is 174 Å². The predicted octanol–water partition coefficient (Wildman–Crippen LogP) is 1.46. The molecule has 3 aliphatic heterocycles. The van der Waals surface area contributed by atoms with Crippen LogP contribution in [0.1, 0.15) is 27.7 Å². The summed E-state index contributed by atoms with van der Waals surface area (Å²) in [6, 6.07) is 0. The molecule has 1 N–H and O–H groups in total. The van der Waals surface area contributed by atoms with E-state index in [9.17, 15) is 14.7 Å². The van der Waals surface area contributed by atoms with Gasteiger partial charge in [0.1, 0.15) is 24.1 Å². The van der Waals surface area contributed by atoms with Crippen LogP contribution in [0.25, 0.3) is 0 Å². The first-order valence-electron chi connectivity index (χ1n) is 10.6. The molecular formula is C23H26O7. The van der Waals surface area contributed by atoms with Crippen molar-refractivity contribution in [2.24, 2.45) is 23.2 Å². The fraction of sp³-hybridized carbons (Fsp3) is 0.652. The van der Waals surface area contributed by atoms with Gasteiger partial charge in [0.05, 0.1) is 17.1 Å². The standard InChI is InChI=1S/C23H26O7/c1-8(2)6-11-23-10(22(3,4)27-5)7-9-12(15(25)18-17(29-18)14(9)24)13(23)16(28-11)19-20(30-19)21(23)26/h6-7,10-13,15,17-18,20,25H,1-5H3/t10-,11-,12-,13-,15-,17-,18+,20-,23?/m1/s1. The molecule has 0 spiro atoms. The molecule has 9 atom stereocenters. The molecular weight excluding hydrogens is 388 g/mol. The molecule has 0 aromatic carbocycles. The van der Waals surface area contributed by atoms with Crippen LogP contribution in [0.4, 0.5) is 0 Å².